The van der Waals surface area contributed by atoms with Gasteiger partial charge in [0, 0.05) is 6.04 Å². The lowest BCUT2D eigenvalue weighted by Gasteiger charge is -2.17. The number of hydrogen-bond donors (Lipinski definition) is 4. The van der Waals surface area contributed by atoms with Crippen LogP contribution in [0, 0.1) is 0 Å². The zero-order chi connectivity index (χ0) is 21.5. The van der Waals surface area contributed by atoms with Crippen molar-refractivity contribution in [2.45, 2.75) is 31.8 Å². The van der Waals surface area contributed by atoms with Crippen molar-refractivity contribution in [3.63, 3.8) is 0 Å². The Morgan fingerprint density at radius 2 is 1.60 bits per heavy atom. The molecule has 0 spiro atoms. The Morgan fingerprint density at radius 1 is 0.967 bits per heavy atom. The molecule has 7 heteroatoms. The van der Waals surface area contributed by atoms with E-state index in [9.17, 15) is 14.4 Å². The zero-order valence-electron chi connectivity index (χ0n) is 17.4. The largest absolute Gasteiger partial charge is 0.348 e. The van der Waals surface area contributed by atoms with Gasteiger partial charge in [0.2, 0.25) is 0 Å². The summed E-state index contributed by atoms with van der Waals surface area (Å²) in [6.45, 7) is 2.29. The summed E-state index contributed by atoms with van der Waals surface area (Å²) in [4.78, 5) is 37.9. The van der Waals surface area contributed by atoms with Crippen molar-refractivity contribution in [1.29, 1.82) is 0 Å². The molecule has 1 saturated carbocycles. The number of carbonyl (C=O) groups is 3. The highest BCUT2D eigenvalue weighted by atomic mass is 16.2. The number of benzene rings is 2. The van der Waals surface area contributed by atoms with Crippen molar-refractivity contribution in [3.05, 3.63) is 65.7 Å². The van der Waals surface area contributed by atoms with Crippen molar-refractivity contribution in [1.82, 2.24) is 10.6 Å². The van der Waals surface area contributed by atoms with Gasteiger partial charge in [-0.2, -0.15) is 0 Å². The summed E-state index contributed by atoms with van der Waals surface area (Å²) < 4.78 is 0. The fourth-order valence-electron chi connectivity index (χ4n) is 3.20. The molecule has 2 atom stereocenters. The van der Waals surface area contributed by atoms with Crippen LogP contribution in [-0.4, -0.2) is 43.9 Å². The highest BCUT2D eigenvalue weighted by molar-refractivity contribution is 6.04. The Labute approximate surface area is 176 Å². The minimum atomic E-state index is -0.258. The first-order chi connectivity index (χ1) is 14.4. The number of amides is 3. The number of nitrogens with one attached hydrogen (secondary N) is 4. The quantitative estimate of drug-likeness (QED) is 0.496. The number of hydrogen-bond acceptors (Lipinski definition) is 3. The molecule has 0 heterocycles. The standard InChI is InChI=1S/C23H28N4O3/c1-16(17-8-4-3-5-9-17)24-23(30)19-10-6-7-11-20(19)26-22(29)15-27(2)14-21(28)25-18-12-13-18/h3-11,16,18H,12-15H2,1-2H3,(H,24,30)(H,25,28)(H,26,29)/p+1/t16-/m0/s1. The fourth-order valence-corrected chi connectivity index (χ4v) is 3.20. The lowest BCUT2D eigenvalue weighted by atomic mass is 10.1. The molecule has 1 aliphatic rings. The maximum absolute atomic E-state index is 12.8. The smallest absolute Gasteiger partial charge is 0.279 e. The van der Waals surface area contributed by atoms with Gasteiger partial charge in [0.1, 0.15) is 0 Å². The summed E-state index contributed by atoms with van der Waals surface area (Å²) in [5, 5.41) is 8.70. The average Bonchev–Trinajstić information content (AvgIpc) is 3.52. The second-order valence-corrected chi connectivity index (χ2v) is 7.85. The van der Waals surface area contributed by atoms with Gasteiger partial charge in [-0.25, -0.2) is 0 Å². The highest BCUT2D eigenvalue weighted by Crippen LogP contribution is 2.18. The first-order valence-electron chi connectivity index (χ1n) is 10.3. The van der Waals surface area contributed by atoms with Crippen LogP contribution in [0.3, 0.4) is 0 Å². The van der Waals surface area contributed by atoms with Crippen LogP contribution >= 0.6 is 0 Å². The summed E-state index contributed by atoms with van der Waals surface area (Å²) in [5.74, 6) is -0.549. The Bertz CT molecular complexity index is 896. The van der Waals surface area contributed by atoms with Crippen molar-refractivity contribution >= 4 is 23.4 Å². The normalized spacial score (nSPS) is 15.0. The van der Waals surface area contributed by atoms with Crippen LogP contribution in [0.2, 0.25) is 0 Å². The summed E-state index contributed by atoms with van der Waals surface area (Å²) in [7, 11) is 1.80. The summed E-state index contributed by atoms with van der Waals surface area (Å²) in [5.41, 5.74) is 1.86. The predicted octanol–water partition coefficient (Wildman–Crippen LogP) is 0.909. The number of rotatable bonds is 9. The fraction of sp³-hybridized carbons (Fsp3) is 0.348. The van der Waals surface area contributed by atoms with Crippen LogP contribution in [0.4, 0.5) is 5.69 Å². The molecule has 2 aromatic rings. The number of para-hydroxylation sites is 1. The van der Waals surface area contributed by atoms with Crippen LogP contribution in [0.15, 0.2) is 54.6 Å². The van der Waals surface area contributed by atoms with E-state index in [1.54, 1.807) is 31.3 Å². The van der Waals surface area contributed by atoms with Gasteiger partial charge in [0.25, 0.3) is 17.7 Å². The Hall–Kier alpha value is -3.19. The first kappa shape index (κ1) is 21.5. The molecule has 0 saturated heterocycles. The molecule has 30 heavy (non-hydrogen) atoms. The van der Waals surface area contributed by atoms with E-state index in [1.807, 2.05) is 37.3 Å². The molecule has 0 radical (unpaired) electrons. The van der Waals surface area contributed by atoms with E-state index >= 15 is 0 Å². The molecular formula is C23H29N4O3+. The molecule has 0 bridgehead atoms. The van der Waals surface area contributed by atoms with Gasteiger partial charge in [-0.1, -0.05) is 42.5 Å². The molecule has 1 aliphatic carbocycles. The molecular weight excluding hydrogens is 380 g/mol. The number of carbonyl (C=O) groups excluding carboxylic acids is 3. The van der Waals surface area contributed by atoms with Crippen LogP contribution < -0.4 is 20.9 Å². The van der Waals surface area contributed by atoms with Gasteiger partial charge < -0.3 is 20.9 Å². The summed E-state index contributed by atoms with van der Waals surface area (Å²) in [6.07, 6.45) is 2.07. The van der Waals surface area contributed by atoms with Crippen LogP contribution in [0.1, 0.15) is 41.7 Å². The van der Waals surface area contributed by atoms with Gasteiger partial charge in [0.15, 0.2) is 13.1 Å². The van der Waals surface area contributed by atoms with E-state index < -0.39 is 0 Å². The van der Waals surface area contributed by atoms with E-state index in [0.29, 0.717) is 17.3 Å². The van der Waals surface area contributed by atoms with E-state index in [0.717, 1.165) is 23.3 Å². The van der Waals surface area contributed by atoms with Gasteiger partial charge in [-0.05, 0) is 37.5 Å². The van der Waals surface area contributed by atoms with Gasteiger partial charge in [-0.3, -0.25) is 14.4 Å². The molecule has 1 unspecified atom stereocenters. The Morgan fingerprint density at radius 3 is 2.30 bits per heavy atom. The minimum absolute atomic E-state index is 0.0440. The Kier molecular flexibility index (Phi) is 7.19. The Balaban J connectivity index is 1.56. The van der Waals surface area contributed by atoms with Crippen LogP contribution in [0.25, 0.3) is 0 Å². The average molecular weight is 410 g/mol. The molecule has 0 aromatic heterocycles. The van der Waals surface area contributed by atoms with Gasteiger partial charge in [0.05, 0.1) is 24.3 Å². The minimum Gasteiger partial charge on any atom is -0.348 e. The van der Waals surface area contributed by atoms with E-state index in [1.165, 1.54) is 0 Å². The van der Waals surface area contributed by atoms with Gasteiger partial charge in [-0.15, -0.1) is 0 Å². The lowest BCUT2D eigenvalue weighted by molar-refractivity contribution is -0.862. The van der Waals surface area contributed by atoms with Gasteiger partial charge >= 0.3 is 0 Å². The van der Waals surface area contributed by atoms with Crippen LogP contribution in [0.5, 0.6) is 0 Å². The summed E-state index contributed by atoms with van der Waals surface area (Å²) in [6, 6.07) is 16.8. The van der Waals surface area contributed by atoms with E-state index in [2.05, 4.69) is 16.0 Å². The second kappa shape index (κ2) is 10.0. The monoisotopic (exact) mass is 409 g/mol. The lowest BCUT2D eigenvalue weighted by Crippen LogP contribution is -3.11. The maximum Gasteiger partial charge on any atom is 0.279 e. The molecule has 7 nitrogen and oxygen atoms in total. The number of likely N-dealkylation sites (N-methyl/N-ethyl adjacent to an activating group) is 1. The molecule has 1 fully saturated rings. The number of anilines is 1. The predicted molar refractivity (Wildman–Crippen MR) is 115 cm³/mol. The first-order valence-corrected chi connectivity index (χ1v) is 10.3. The summed E-state index contributed by atoms with van der Waals surface area (Å²) >= 11 is 0. The van der Waals surface area contributed by atoms with E-state index in [4.69, 9.17) is 0 Å². The second-order valence-electron chi connectivity index (χ2n) is 7.85. The highest BCUT2D eigenvalue weighted by Gasteiger charge is 2.25. The topological polar surface area (TPSA) is 91.7 Å². The van der Waals surface area contributed by atoms with Crippen LogP contribution in [-0.2, 0) is 9.59 Å². The maximum atomic E-state index is 12.8. The zero-order valence-corrected chi connectivity index (χ0v) is 17.4. The third-order valence-corrected chi connectivity index (χ3v) is 4.96. The molecule has 3 amide bonds. The molecule has 2 aromatic carbocycles. The van der Waals surface area contributed by atoms with Crippen molar-refractivity contribution in [3.8, 4) is 0 Å². The SMILES string of the molecule is C[C@H](NC(=O)c1ccccc1NC(=O)C[NH+](C)CC(=O)NC1CC1)c1ccccc1. The van der Waals surface area contributed by atoms with Crippen molar-refractivity contribution in [2.24, 2.45) is 0 Å². The molecule has 4 N–H and O–H groups in total. The molecule has 158 valence electrons. The van der Waals surface area contributed by atoms with Crippen molar-refractivity contribution in [2.75, 3.05) is 25.5 Å². The molecule has 0 aliphatic heterocycles. The van der Waals surface area contributed by atoms with Crippen molar-refractivity contribution < 1.29 is 19.3 Å². The van der Waals surface area contributed by atoms with E-state index in [-0.39, 0.29) is 36.9 Å². The number of quaternary nitrogens is 1. The third kappa shape index (κ3) is 6.42. The molecule has 3 rings (SSSR count). The third-order valence-electron chi connectivity index (χ3n) is 4.96.